The van der Waals surface area contributed by atoms with E-state index in [9.17, 15) is 0 Å². The summed E-state index contributed by atoms with van der Waals surface area (Å²) in [6.45, 7) is 3.30. The molecule has 1 fully saturated rings. The second-order valence-electron chi connectivity index (χ2n) is 4.42. The van der Waals surface area contributed by atoms with Crippen LogP contribution in [0.3, 0.4) is 0 Å². The number of anilines is 2. The molecule has 16 heavy (non-hydrogen) atoms. The highest BCUT2D eigenvalue weighted by Crippen LogP contribution is 2.29. The molecule has 2 N–H and O–H groups in total. The maximum absolute atomic E-state index is 8.80. The zero-order valence-electron chi connectivity index (χ0n) is 9.61. The Balaban J connectivity index is 2.29. The molecule has 0 bridgehead atoms. The SMILES string of the molecule is CC1CCCCN1c1ccc(C#N)cc1N. The van der Waals surface area contributed by atoms with Crippen LogP contribution < -0.4 is 10.6 Å². The standard InChI is InChI=1S/C13H17N3/c1-10-4-2-3-7-16(10)13-6-5-11(9-14)8-12(13)15/h5-6,8,10H,2-4,7,15H2,1H3. The molecule has 84 valence electrons. The Kier molecular flexibility index (Phi) is 3.00. The lowest BCUT2D eigenvalue weighted by Crippen LogP contribution is -2.37. The Labute approximate surface area is 96.5 Å². The largest absolute Gasteiger partial charge is 0.397 e. The Morgan fingerprint density at radius 1 is 1.44 bits per heavy atom. The summed E-state index contributed by atoms with van der Waals surface area (Å²) in [6.07, 6.45) is 3.75. The number of nitrogen functional groups attached to an aromatic ring is 1. The number of rotatable bonds is 1. The Bertz CT molecular complexity index is 420. The molecule has 0 aromatic heterocycles. The predicted molar refractivity (Wildman–Crippen MR) is 66.2 cm³/mol. The topological polar surface area (TPSA) is 53.0 Å². The van der Waals surface area contributed by atoms with E-state index in [1.807, 2.05) is 12.1 Å². The van der Waals surface area contributed by atoms with Crippen LogP contribution in [0.5, 0.6) is 0 Å². The minimum atomic E-state index is 0.545. The highest BCUT2D eigenvalue weighted by atomic mass is 15.2. The zero-order valence-corrected chi connectivity index (χ0v) is 9.61. The average Bonchev–Trinajstić information content (AvgIpc) is 2.30. The minimum Gasteiger partial charge on any atom is -0.397 e. The molecular formula is C13H17N3. The number of nitrogens with zero attached hydrogens (tertiary/aromatic N) is 2. The van der Waals surface area contributed by atoms with Crippen LogP contribution in [0.25, 0.3) is 0 Å². The minimum absolute atomic E-state index is 0.545. The molecule has 3 nitrogen and oxygen atoms in total. The molecule has 1 aromatic carbocycles. The third-order valence-corrected chi connectivity index (χ3v) is 3.27. The third kappa shape index (κ3) is 1.96. The van der Waals surface area contributed by atoms with Gasteiger partial charge >= 0.3 is 0 Å². The lowest BCUT2D eigenvalue weighted by atomic mass is 10.0. The summed E-state index contributed by atoms with van der Waals surface area (Å²) in [5.41, 5.74) is 8.42. The van der Waals surface area contributed by atoms with Crippen molar-refractivity contribution in [3.63, 3.8) is 0 Å². The van der Waals surface area contributed by atoms with E-state index in [2.05, 4.69) is 17.9 Å². The van der Waals surface area contributed by atoms with Crippen molar-refractivity contribution in [2.24, 2.45) is 0 Å². The Morgan fingerprint density at radius 2 is 2.25 bits per heavy atom. The van der Waals surface area contributed by atoms with Gasteiger partial charge in [-0.15, -0.1) is 0 Å². The summed E-state index contributed by atoms with van der Waals surface area (Å²) in [7, 11) is 0. The molecule has 0 amide bonds. The maximum Gasteiger partial charge on any atom is 0.0992 e. The zero-order chi connectivity index (χ0) is 11.5. The normalized spacial score (nSPS) is 20.5. The fraction of sp³-hybridized carbons (Fsp3) is 0.462. The highest BCUT2D eigenvalue weighted by Gasteiger charge is 2.20. The van der Waals surface area contributed by atoms with Crippen molar-refractivity contribution in [1.82, 2.24) is 0 Å². The molecule has 1 saturated heterocycles. The fourth-order valence-corrected chi connectivity index (χ4v) is 2.34. The molecule has 1 unspecified atom stereocenters. The van der Waals surface area contributed by atoms with Gasteiger partial charge in [-0.3, -0.25) is 0 Å². The Morgan fingerprint density at radius 3 is 2.88 bits per heavy atom. The summed E-state index contributed by atoms with van der Waals surface area (Å²) in [4.78, 5) is 2.35. The van der Waals surface area contributed by atoms with Crippen molar-refractivity contribution in [1.29, 1.82) is 5.26 Å². The van der Waals surface area contributed by atoms with Crippen LogP contribution in [-0.4, -0.2) is 12.6 Å². The summed E-state index contributed by atoms with van der Waals surface area (Å²) in [6, 6.07) is 8.22. The first-order valence-electron chi connectivity index (χ1n) is 5.78. The molecule has 0 aliphatic carbocycles. The van der Waals surface area contributed by atoms with Gasteiger partial charge in [-0.25, -0.2) is 0 Å². The lowest BCUT2D eigenvalue weighted by molar-refractivity contribution is 0.485. The van der Waals surface area contributed by atoms with Crippen LogP contribution in [0.2, 0.25) is 0 Å². The van der Waals surface area contributed by atoms with Crippen LogP contribution in [0.1, 0.15) is 31.7 Å². The molecule has 1 atom stereocenters. The third-order valence-electron chi connectivity index (χ3n) is 3.27. The van der Waals surface area contributed by atoms with Crippen LogP contribution in [0.4, 0.5) is 11.4 Å². The van der Waals surface area contributed by atoms with Gasteiger partial charge in [0.1, 0.15) is 0 Å². The van der Waals surface area contributed by atoms with Crippen molar-refractivity contribution in [2.75, 3.05) is 17.2 Å². The number of benzene rings is 1. The predicted octanol–water partition coefficient (Wildman–Crippen LogP) is 2.52. The Hall–Kier alpha value is -1.69. The summed E-state index contributed by atoms with van der Waals surface area (Å²) in [5, 5.41) is 8.80. The molecule has 2 rings (SSSR count). The first kappa shape index (κ1) is 10.8. The number of piperidine rings is 1. The highest BCUT2D eigenvalue weighted by molar-refractivity contribution is 5.70. The van der Waals surface area contributed by atoms with Gasteiger partial charge in [0.2, 0.25) is 0 Å². The quantitative estimate of drug-likeness (QED) is 0.732. The molecular weight excluding hydrogens is 198 g/mol. The van der Waals surface area contributed by atoms with Gasteiger partial charge in [-0.2, -0.15) is 5.26 Å². The number of hydrogen-bond acceptors (Lipinski definition) is 3. The van der Waals surface area contributed by atoms with E-state index in [1.165, 1.54) is 19.3 Å². The number of hydrogen-bond donors (Lipinski definition) is 1. The smallest absolute Gasteiger partial charge is 0.0992 e. The second-order valence-corrected chi connectivity index (χ2v) is 4.42. The van der Waals surface area contributed by atoms with Crippen molar-refractivity contribution in [2.45, 2.75) is 32.2 Å². The lowest BCUT2D eigenvalue weighted by Gasteiger charge is -2.36. The van der Waals surface area contributed by atoms with Gasteiger partial charge < -0.3 is 10.6 Å². The molecule has 1 aliphatic rings. The van der Waals surface area contributed by atoms with Gasteiger partial charge in [0.25, 0.3) is 0 Å². The second kappa shape index (κ2) is 4.44. The average molecular weight is 215 g/mol. The van der Waals surface area contributed by atoms with E-state index < -0.39 is 0 Å². The van der Waals surface area contributed by atoms with Crippen LogP contribution in [0, 0.1) is 11.3 Å². The summed E-state index contributed by atoms with van der Waals surface area (Å²) in [5.74, 6) is 0. The summed E-state index contributed by atoms with van der Waals surface area (Å²) < 4.78 is 0. The van der Waals surface area contributed by atoms with E-state index in [0.29, 0.717) is 17.3 Å². The van der Waals surface area contributed by atoms with Crippen LogP contribution in [0.15, 0.2) is 18.2 Å². The first-order chi connectivity index (χ1) is 7.72. The van der Waals surface area contributed by atoms with Gasteiger partial charge in [0.05, 0.1) is 23.0 Å². The van der Waals surface area contributed by atoms with Crippen LogP contribution in [-0.2, 0) is 0 Å². The summed E-state index contributed by atoms with van der Waals surface area (Å²) >= 11 is 0. The van der Waals surface area contributed by atoms with Gasteiger partial charge in [0.15, 0.2) is 0 Å². The van der Waals surface area contributed by atoms with Gasteiger partial charge in [0, 0.05) is 12.6 Å². The molecule has 0 spiro atoms. The van der Waals surface area contributed by atoms with Crippen molar-refractivity contribution >= 4 is 11.4 Å². The van der Waals surface area contributed by atoms with Crippen molar-refractivity contribution in [3.05, 3.63) is 23.8 Å². The molecule has 0 radical (unpaired) electrons. The number of nitrogens with two attached hydrogens (primary N) is 1. The van der Waals surface area contributed by atoms with Crippen LogP contribution >= 0.6 is 0 Å². The number of nitriles is 1. The molecule has 1 aromatic rings. The first-order valence-corrected chi connectivity index (χ1v) is 5.78. The molecule has 0 saturated carbocycles. The molecule has 1 aliphatic heterocycles. The van der Waals surface area contributed by atoms with E-state index in [0.717, 1.165) is 12.2 Å². The van der Waals surface area contributed by atoms with Gasteiger partial charge in [-0.1, -0.05) is 0 Å². The molecule has 1 heterocycles. The molecule has 3 heteroatoms. The maximum atomic E-state index is 8.80. The van der Waals surface area contributed by atoms with Crippen molar-refractivity contribution in [3.8, 4) is 6.07 Å². The monoisotopic (exact) mass is 215 g/mol. The van der Waals surface area contributed by atoms with E-state index in [-0.39, 0.29) is 0 Å². The van der Waals surface area contributed by atoms with E-state index in [1.54, 1.807) is 6.07 Å². The van der Waals surface area contributed by atoms with Crippen molar-refractivity contribution < 1.29 is 0 Å². The fourth-order valence-electron chi connectivity index (χ4n) is 2.34. The van der Waals surface area contributed by atoms with E-state index >= 15 is 0 Å². The van der Waals surface area contributed by atoms with E-state index in [4.69, 9.17) is 11.0 Å². The van der Waals surface area contributed by atoms with Gasteiger partial charge in [-0.05, 0) is 44.4 Å².